The quantitative estimate of drug-likeness (QED) is 0.572. The molecular weight excluding hydrogens is 310 g/mol. The van der Waals surface area contributed by atoms with E-state index in [-0.39, 0.29) is 0 Å². The van der Waals surface area contributed by atoms with Gasteiger partial charge in [0.2, 0.25) is 5.16 Å². The predicted molar refractivity (Wildman–Crippen MR) is 91.8 cm³/mol. The fraction of sp³-hybridized carbons (Fsp3) is 0.438. The van der Waals surface area contributed by atoms with Gasteiger partial charge < -0.3 is 9.72 Å². The minimum atomic E-state index is 0.742. The Labute approximate surface area is 138 Å². The maximum atomic E-state index is 5.36. The molecule has 0 bridgehead atoms. The van der Waals surface area contributed by atoms with E-state index in [0.717, 1.165) is 72.2 Å². The van der Waals surface area contributed by atoms with Crippen LogP contribution in [-0.4, -0.2) is 63.7 Å². The van der Waals surface area contributed by atoms with Gasteiger partial charge in [-0.3, -0.25) is 4.90 Å². The first kappa shape index (κ1) is 14.9. The topological polar surface area (TPSA) is 66.9 Å². The number of aromatic amines is 1. The van der Waals surface area contributed by atoms with Crippen LogP contribution in [0.3, 0.4) is 0 Å². The third kappa shape index (κ3) is 3.31. The molecule has 1 aromatic carbocycles. The second-order valence-electron chi connectivity index (χ2n) is 5.62. The van der Waals surface area contributed by atoms with E-state index in [2.05, 4.69) is 25.1 Å². The average Bonchev–Trinajstić information content (AvgIpc) is 2.97. The van der Waals surface area contributed by atoms with Gasteiger partial charge in [-0.15, -0.1) is 10.2 Å². The van der Waals surface area contributed by atoms with Crippen LogP contribution in [0.15, 0.2) is 29.4 Å². The molecule has 0 spiro atoms. The molecule has 2 aromatic heterocycles. The molecule has 1 fully saturated rings. The molecule has 1 aliphatic rings. The van der Waals surface area contributed by atoms with Crippen LogP contribution in [0.4, 0.5) is 0 Å². The van der Waals surface area contributed by atoms with Crippen LogP contribution in [0.25, 0.3) is 22.1 Å². The zero-order chi connectivity index (χ0) is 15.5. The fourth-order valence-electron chi connectivity index (χ4n) is 2.84. The number of aromatic nitrogens is 4. The molecule has 1 aliphatic heterocycles. The molecule has 0 unspecified atom stereocenters. The second kappa shape index (κ2) is 6.82. The zero-order valence-corrected chi connectivity index (χ0v) is 13.7. The number of hydrogen-bond acceptors (Lipinski definition) is 6. The summed E-state index contributed by atoms with van der Waals surface area (Å²) in [6, 6.07) is 8.09. The molecule has 23 heavy (non-hydrogen) atoms. The summed E-state index contributed by atoms with van der Waals surface area (Å²) < 4.78 is 5.36. The number of nitrogens with one attached hydrogen (secondary N) is 1. The monoisotopic (exact) mass is 329 g/mol. The van der Waals surface area contributed by atoms with E-state index in [0.29, 0.717) is 0 Å². The van der Waals surface area contributed by atoms with Crippen molar-refractivity contribution >= 4 is 33.8 Å². The summed E-state index contributed by atoms with van der Waals surface area (Å²) in [5.74, 6) is 1.00. The summed E-state index contributed by atoms with van der Waals surface area (Å²) in [5.41, 5.74) is 2.72. The highest BCUT2D eigenvalue weighted by Crippen LogP contribution is 2.23. The number of para-hydroxylation sites is 1. The van der Waals surface area contributed by atoms with E-state index in [4.69, 9.17) is 4.74 Å². The van der Waals surface area contributed by atoms with Gasteiger partial charge in [-0.25, -0.2) is 4.98 Å². The van der Waals surface area contributed by atoms with Crippen LogP contribution >= 0.6 is 11.8 Å². The van der Waals surface area contributed by atoms with Crippen molar-refractivity contribution in [2.75, 3.05) is 38.6 Å². The highest BCUT2D eigenvalue weighted by atomic mass is 32.2. The molecule has 0 aliphatic carbocycles. The van der Waals surface area contributed by atoms with E-state index >= 15 is 0 Å². The Kier molecular flexibility index (Phi) is 4.41. The molecule has 1 saturated heterocycles. The van der Waals surface area contributed by atoms with Crippen molar-refractivity contribution in [3.8, 4) is 0 Å². The largest absolute Gasteiger partial charge is 0.379 e. The lowest BCUT2D eigenvalue weighted by Crippen LogP contribution is -2.36. The Balaban J connectivity index is 1.38. The Hall–Kier alpha value is -1.70. The number of nitrogens with zero attached hydrogens (tertiary/aromatic N) is 4. The molecule has 0 atom stereocenters. The number of fused-ring (bicyclic) bond motifs is 3. The van der Waals surface area contributed by atoms with E-state index in [1.807, 2.05) is 24.3 Å². The fourth-order valence-corrected chi connectivity index (χ4v) is 3.55. The number of morpholine rings is 1. The van der Waals surface area contributed by atoms with E-state index < -0.39 is 0 Å². The number of ether oxygens (including phenoxy) is 1. The number of H-pyrrole nitrogens is 1. The summed E-state index contributed by atoms with van der Waals surface area (Å²) in [6.45, 7) is 4.92. The Morgan fingerprint density at radius 3 is 2.96 bits per heavy atom. The first-order valence-electron chi connectivity index (χ1n) is 7.94. The minimum Gasteiger partial charge on any atom is -0.379 e. The smallest absolute Gasteiger partial charge is 0.211 e. The van der Waals surface area contributed by atoms with Crippen LogP contribution in [0.5, 0.6) is 0 Å². The molecular formula is C16H19N5OS. The van der Waals surface area contributed by atoms with Crippen LogP contribution in [0.2, 0.25) is 0 Å². The molecule has 120 valence electrons. The second-order valence-corrected chi connectivity index (χ2v) is 6.68. The van der Waals surface area contributed by atoms with Crippen molar-refractivity contribution in [3.63, 3.8) is 0 Å². The minimum absolute atomic E-state index is 0.742. The first-order valence-corrected chi connectivity index (χ1v) is 8.93. The molecule has 3 aromatic rings. The molecule has 0 saturated carbocycles. The van der Waals surface area contributed by atoms with Crippen LogP contribution in [0.1, 0.15) is 6.42 Å². The maximum Gasteiger partial charge on any atom is 0.211 e. The molecule has 4 rings (SSSR count). The summed E-state index contributed by atoms with van der Waals surface area (Å²) in [7, 11) is 0. The number of rotatable bonds is 5. The summed E-state index contributed by atoms with van der Waals surface area (Å²) >= 11 is 1.67. The molecule has 0 amide bonds. The summed E-state index contributed by atoms with van der Waals surface area (Å²) in [4.78, 5) is 10.4. The lowest BCUT2D eigenvalue weighted by Gasteiger charge is -2.26. The van der Waals surface area contributed by atoms with Gasteiger partial charge >= 0.3 is 0 Å². The van der Waals surface area contributed by atoms with Gasteiger partial charge in [-0.2, -0.15) is 0 Å². The standard InChI is InChI=1S/C16H19N5OS/c1-2-5-13-12(4-1)14-15(17-13)18-16(20-19-14)23-11-3-6-21-7-9-22-10-8-21/h1-2,4-5H,3,6-11H2,(H,17,18,20). The third-order valence-electron chi connectivity index (χ3n) is 4.06. The van der Waals surface area contributed by atoms with Crippen molar-refractivity contribution in [1.29, 1.82) is 0 Å². The Morgan fingerprint density at radius 1 is 1.17 bits per heavy atom. The number of thioether (sulfide) groups is 1. The van der Waals surface area contributed by atoms with Gasteiger partial charge in [0.25, 0.3) is 0 Å². The predicted octanol–water partition coefficient (Wildman–Crippen LogP) is 2.32. The lowest BCUT2D eigenvalue weighted by molar-refractivity contribution is 0.0381. The molecule has 7 heteroatoms. The van der Waals surface area contributed by atoms with Gasteiger partial charge in [-0.05, 0) is 19.0 Å². The van der Waals surface area contributed by atoms with Gasteiger partial charge in [0.15, 0.2) is 5.65 Å². The highest BCUT2D eigenvalue weighted by molar-refractivity contribution is 7.99. The SMILES string of the molecule is c1ccc2c(c1)[nH]c1nc(SCCCN3CCOCC3)nnc12. The summed E-state index contributed by atoms with van der Waals surface area (Å²) in [6.07, 6.45) is 1.12. The molecule has 3 heterocycles. The van der Waals surface area contributed by atoms with Gasteiger partial charge in [0.1, 0.15) is 5.52 Å². The van der Waals surface area contributed by atoms with Crippen LogP contribution in [-0.2, 0) is 4.74 Å². The van der Waals surface area contributed by atoms with Crippen molar-refractivity contribution in [1.82, 2.24) is 25.1 Å². The lowest BCUT2D eigenvalue weighted by atomic mass is 10.2. The van der Waals surface area contributed by atoms with Gasteiger partial charge in [-0.1, -0.05) is 30.0 Å². The van der Waals surface area contributed by atoms with Crippen molar-refractivity contribution in [2.24, 2.45) is 0 Å². The maximum absolute atomic E-state index is 5.36. The van der Waals surface area contributed by atoms with Crippen molar-refractivity contribution in [2.45, 2.75) is 11.6 Å². The normalized spacial score (nSPS) is 16.3. The van der Waals surface area contributed by atoms with Gasteiger partial charge in [0.05, 0.1) is 13.2 Å². The van der Waals surface area contributed by atoms with Crippen molar-refractivity contribution < 1.29 is 4.74 Å². The molecule has 1 N–H and O–H groups in total. The Morgan fingerprint density at radius 2 is 2.04 bits per heavy atom. The third-order valence-corrected chi connectivity index (χ3v) is 4.98. The van der Waals surface area contributed by atoms with E-state index in [9.17, 15) is 0 Å². The highest BCUT2D eigenvalue weighted by Gasteiger charge is 2.11. The van der Waals surface area contributed by atoms with Crippen LogP contribution < -0.4 is 0 Å². The van der Waals surface area contributed by atoms with E-state index in [1.54, 1.807) is 11.8 Å². The molecule has 6 nitrogen and oxygen atoms in total. The van der Waals surface area contributed by atoms with Gasteiger partial charge in [0, 0.05) is 29.7 Å². The number of hydrogen-bond donors (Lipinski definition) is 1. The van der Waals surface area contributed by atoms with E-state index in [1.165, 1.54) is 0 Å². The first-order chi connectivity index (χ1) is 11.4. The Bertz CT molecular complexity index is 799. The summed E-state index contributed by atoms with van der Waals surface area (Å²) in [5, 5.41) is 10.4. The average molecular weight is 329 g/mol. The zero-order valence-electron chi connectivity index (χ0n) is 12.9. The molecule has 0 radical (unpaired) electrons. The van der Waals surface area contributed by atoms with Crippen molar-refractivity contribution in [3.05, 3.63) is 24.3 Å². The number of benzene rings is 1. The van der Waals surface area contributed by atoms with Crippen LogP contribution in [0, 0.1) is 0 Å².